The van der Waals surface area contributed by atoms with E-state index in [1.807, 2.05) is 24.3 Å². The number of carbonyl (C=O) groups is 2. The van der Waals surface area contributed by atoms with Gasteiger partial charge < -0.3 is 4.90 Å². The number of hydrogen-bond acceptors (Lipinski definition) is 4. The van der Waals surface area contributed by atoms with Crippen LogP contribution in [0.4, 0.5) is 8.78 Å². The molecular formula is C29H30F2I2N4O2. The number of nitrogens with one attached hydrogen (secondary N) is 1. The molecule has 0 aliphatic carbocycles. The standard InChI is InChI=1S/C29H30F2I2N4O2/c1-5-33(3)14-26(38)34-15-21-16-35-29(36-17-21)22-8-6-7-20(11-22)18-37(4)27(39)10-9-19(2)23-12-24(30)28(31)25(32)13-23/h6-13,16-17H,2,5,14-15,18H2,1,3-4H3,(H,34,38)/b10-9-. The van der Waals surface area contributed by atoms with Gasteiger partial charge in [0.25, 0.3) is 0 Å². The van der Waals surface area contributed by atoms with Crippen LogP contribution < -0.4 is 5.32 Å². The van der Waals surface area contributed by atoms with Gasteiger partial charge in [0.05, 0.1) is 3.57 Å². The molecule has 2 aromatic carbocycles. The first-order valence-corrected chi connectivity index (χ1v) is 18.3. The van der Waals surface area contributed by atoms with E-state index in [2.05, 4.69) is 33.7 Å². The molecule has 0 bridgehead atoms. The van der Waals surface area contributed by atoms with Crippen molar-refractivity contribution in [2.24, 2.45) is 0 Å². The topological polar surface area (TPSA) is 75.2 Å². The van der Waals surface area contributed by atoms with Gasteiger partial charge in [-0.05, 0) is 51.9 Å². The quantitative estimate of drug-likeness (QED) is 0.0854. The third-order valence-electron chi connectivity index (χ3n) is 5.76. The number of likely N-dealkylation sites (N-methyl/N-ethyl adjacent to an activating group) is 1. The maximum atomic E-state index is 13.7. The van der Waals surface area contributed by atoms with Crippen LogP contribution in [0, 0.1) is 15.2 Å². The van der Waals surface area contributed by atoms with E-state index in [0.717, 1.165) is 27.2 Å². The number of allylic oxidation sites excluding steroid dienone is 2. The molecule has 0 saturated carbocycles. The van der Waals surface area contributed by atoms with Crippen LogP contribution in [-0.4, -0.2) is 47.5 Å². The van der Waals surface area contributed by atoms with Crippen molar-refractivity contribution in [2.75, 3.05) is 20.8 Å². The summed E-state index contributed by atoms with van der Waals surface area (Å²) in [6.07, 6.45) is 6.26. The van der Waals surface area contributed by atoms with Crippen molar-refractivity contribution in [2.45, 2.75) is 20.0 Å². The Morgan fingerprint density at radius 3 is 2.51 bits per heavy atom. The summed E-state index contributed by atoms with van der Waals surface area (Å²) in [4.78, 5) is 37.3. The SMILES string of the molecule is C=C(/C=C\C(=O)N(C)Cc1cccc(-c2ncc(CNC(=O)CI(C)CC)cn2)c1)c1cc(F)c(F)c(I)c1. The predicted octanol–water partition coefficient (Wildman–Crippen LogP) is 6.03. The Hall–Kier alpha value is -2.74. The molecule has 3 aromatic rings. The van der Waals surface area contributed by atoms with Gasteiger partial charge in [-0.25, -0.2) is 8.78 Å². The first kappa shape index (κ1) is 30.8. The van der Waals surface area contributed by atoms with Gasteiger partial charge in [0.1, 0.15) is 0 Å². The van der Waals surface area contributed by atoms with Gasteiger partial charge >= 0.3 is 139 Å². The molecule has 6 nitrogen and oxygen atoms in total. The van der Waals surface area contributed by atoms with Crippen molar-refractivity contribution in [1.82, 2.24) is 20.2 Å². The van der Waals surface area contributed by atoms with E-state index in [4.69, 9.17) is 0 Å². The zero-order chi connectivity index (χ0) is 28.5. The van der Waals surface area contributed by atoms with E-state index in [0.29, 0.717) is 34.5 Å². The Labute approximate surface area is 248 Å². The number of halogens is 4. The first-order chi connectivity index (χ1) is 18.6. The van der Waals surface area contributed by atoms with E-state index in [1.54, 1.807) is 42.0 Å². The van der Waals surface area contributed by atoms with Crippen LogP contribution in [0.15, 0.2) is 67.5 Å². The first-order valence-electron chi connectivity index (χ1n) is 12.0. The van der Waals surface area contributed by atoms with Crippen molar-refractivity contribution >= 4 is 59.8 Å². The summed E-state index contributed by atoms with van der Waals surface area (Å²) in [5, 5.41) is 2.94. The van der Waals surface area contributed by atoms with E-state index in [-0.39, 0.29) is 15.4 Å². The third-order valence-corrected chi connectivity index (χ3v) is 11.1. The molecule has 1 heterocycles. The molecule has 0 fully saturated rings. The fraction of sp³-hybridized carbons (Fsp3) is 0.241. The molecule has 0 aliphatic rings. The van der Waals surface area contributed by atoms with Gasteiger partial charge in [0.15, 0.2) is 11.6 Å². The maximum Gasteiger partial charge on any atom is 0.172 e. The number of carbonyl (C=O) groups excluding carboxylic acids is 2. The number of alkyl halides is 3. The van der Waals surface area contributed by atoms with Crippen LogP contribution in [0.3, 0.4) is 0 Å². The van der Waals surface area contributed by atoms with Gasteiger partial charge in [0, 0.05) is 13.1 Å². The molecule has 39 heavy (non-hydrogen) atoms. The molecule has 10 heteroatoms. The van der Waals surface area contributed by atoms with E-state index >= 15 is 0 Å². The Balaban J connectivity index is 1.59. The number of amides is 2. The third kappa shape index (κ3) is 9.16. The summed E-state index contributed by atoms with van der Waals surface area (Å²) in [6.45, 7) is 6.73. The van der Waals surface area contributed by atoms with Gasteiger partial charge in [-0.3, -0.25) is 4.79 Å². The fourth-order valence-electron chi connectivity index (χ4n) is 3.44. The van der Waals surface area contributed by atoms with Gasteiger partial charge in [-0.1, -0.05) is 6.58 Å². The number of rotatable bonds is 11. The van der Waals surface area contributed by atoms with Crippen LogP contribution in [-0.2, 0) is 22.7 Å². The average molecular weight is 758 g/mol. The second kappa shape index (κ2) is 14.6. The van der Waals surface area contributed by atoms with Crippen LogP contribution in [0.1, 0.15) is 23.6 Å². The van der Waals surface area contributed by atoms with Crippen LogP contribution in [0.25, 0.3) is 17.0 Å². The molecule has 3 rings (SSSR count). The van der Waals surface area contributed by atoms with Crippen LogP contribution >= 0.6 is 42.4 Å². The largest absolute Gasteiger partial charge is 0.204 e. The monoisotopic (exact) mass is 758 g/mol. The molecule has 1 N–H and O–H groups in total. The number of aromatic nitrogens is 2. The van der Waals surface area contributed by atoms with Crippen molar-refractivity contribution in [1.29, 1.82) is 0 Å². The molecule has 1 aromatic heterocycles. The molecule has 0 saturated heterocycles. The molecule has 206 valence electrons. The molecule has 0 spiro atoms. The second-order valence-electron chi connectivity index (χ2n) is 8.82. The van der Waals surface area contributed by atoms with E-state index in [9.17, 15) is 18.4 Å². The zero-order valence-corrected chi connectivity index (χ0v) is 26.3. The molecule has 0 unspecified atom stereocenters. The summed E-state index contributed by atoms with van der Waals surface area (Å²) < 4.78 is 29.2. The normalized spacial score (nSPS) is 11.4. The van der Waals surface area contributed by atoms with Gasteiger partial charge in [-0.2, -0.15) is 0 Å². The molecule has 0 atom stereocenters. The summed E-state index contributed by atoms with van der Waals surface area (Å²) >= 11 is 0.584. The van der Waals surface area contributed by atoms with Crippen molar-refractivity contribution < 1.29 is 18.4 Å². The predicted molar refractivity (Wildman–Crippen MR) is 168 cm³/mol. The van der Waals surface area contributed by atoms with Crippen molar-refractivity contribution in [3.8, 4) is 11.4 Å². The number of benzene rings is 2. The Kier molecular flexibility index (Phi) is 11.5. The van der Waals surface area contributed by atoms with Gasteiger partial charge in [0.2, 0.25) is 5.91 Å². The second-order valence-corrected chi connectivity index (χ2v) is 16.4. The Morgan fingerprint density at radius 1 is 1.13 bits per heavy atom. The summed E-state index contributed by atoms with van der Waals surface area (Å²) in [6, 6.07) is 10.1. The van der Waals surface area contributed by atoms with E-state index < -0.39 is 31.5 Å². The maximum absolute atomic E-state index is 13.7. The van der Waals surface area contributed by atoms with Crippen LogP contribution in [0.5, 0.6) is 0 Å². The minimum absolute atomic E-state index is 0.0817. The molecule has 0 radical (unpaired) electrons. The summed E-state index contributed by atoms with van der Waals surface area (Å²) in [5.41, 5.74) is 3.32. The number of nitrogens with zero attached hydrogens (tertiary/aromatic N) is 3. The fourth-order valence-corrected chi connectivity index (χ4v) is 6.03. The average Bonchev–Trinajstić information content (AvgIpc) is 2.93. The van der Waals surface area contributed by atoms with Crippen LogP contribution in [0.2, 0.25) is 0 Å². The zero-order valence-electron chi connectivity index (χ0n) is 22.0. The summed E-state index contributed by atoms with van der Waals surface area (Å²) in [7, 11) is 1.67. The molecular weight excluding hydrogens is 728 g/mol. The Morgan fingerprint density at radius 2 is 1.85 bits per heavy atom. The Bertz CT molecular complexity index is 1360. The molecule has 0 aliphatic heterocycles. The summed E-state index contributed by atoms with van der Waals surface area (Å²) in [5.74, 6) is -1.50. The minimum Gasteiger partial charge on any atom is -0.204 e. The van der Waals surface area contributed by atoms with Crippen molar-refractivity contribution in [3.63, 3.8) is 0 Å². The molecule has 2 amide bonds. The minimum atomic E-state index is -1.13. The smallest absolute Gasteiger partial charge is 0.172 e. The van der Waals surface area contributed by atoms with Crippen molar-refractivity contribution in [3.05, 3.63) is 99.4 Å². The van der Waals surface area contributed by atoms with Gasteiger partial charge in [-0.15, -0.1) is 0 Å². The number of hydrogen-bond donors (Lipinski definition) is 1. The van der Waals surface area contributed by atoms with E-state index in [1.165, 1.54) is 23.1 Å².